The van der Waals surface area contributed by atoms with Crippen molar-refractivity contribution in [2.75, 3.05) is 13.2 Å². The van der Waals surface area contributed by atoms with Gasteiger partial charge in [-0.3, -0.25) is 0 Å². The Morgan fingerprint density at radius 1 is 1.12 bits per heavy atom. The van der Waals surface area contributed by atoms with Crippen LogP contribution in [0.5, 0.6) is 0 Å². The molecule has 1 spiro atoms. The Labute approximate surface area is 51.0 Å². The fourth-order valence-corrected chi connectivity index (χ4v) is 1.36. The Morgan fingerprint density at radius 3 is 1.75 bits per heavy atom. The third kappa shape index (κ3) is 0.576. The lowest BCUT2D eigenvalue weighted by Gasteiger charge is -2.48. The van der Waals surface area contributed by atoms with Crippen molar-refractivity contribution in [3.8, 4) is 0 Å². The van der Waals surface area contributed by atoms with Crippen molar-refractivity contribution in [2.24, 2.45) is 5.41 Å². The molecule has 48 valence electrons. The highest BCUT2D eigenvalue weighted by Crippen LogP contribution is 2.46. The van der Waals surface area contributed by atoms with Crippen LogP contribution in [0.15, 0.2) is 0 Å². The molecule has 0 aromatic rings. The molecule has 0 radical (unpaired) electrons. The highest BCUT2D eigenvalue weighted by atomic mass is 16.5. The van der Waals surface area contributed by atoms with E-state index in [-0.39, 0.29) is 7.43 Å². The van der Waals surface area contributed by atoms with Crippen molar-refractivity contribution in [1.82, 2.24) is 0 Å². The molecule has 1 aliphatic heterocycles. The first-order valence-electron chi connectivity index (χ1n) is 2.99. The molecule has 8 heavy (non-hydrogen) atoms. The number of hydrogen-bond acceptors (Lipinski definition) is 1. The van der Waals surface area contributed by atoms with E-state index in [0.717, 1.165) is 18.6 Å². The Bertz CT molecular complexity index is 64.9. The Hall–Kier alpha value is -0.0400. The molecule has 1 heterocycles. The molecule has 1 heteroatoms. The molecule has 2 aliphatic rings. The molecular weight excluding hydrogens is 100 g/mol. The van der Waals surface area contributed by atoms with E-state index in [4.69, 9.17) is 4.74 Å². The van der Waals surface area contributed by atoms with Gasteiger partial charge in [-0.25, -0.2) is 0 Å². The molecular formula is C7H14O. The van der Waals surface area contributed by atoms with E-state index in [1.165, 1.54) is 19.3 Å². The van der Waals surface area contributed by atoms with Crippen LogP contribution in [0.2, 0.25) is 0 Å². The maximum absolute atomic E-state index is 5.08. The highest BCUT2D eigenvalue weighted by molar-refractivity contribution is 4.92. The van der Waals surface area contributed by atoms with Gasteiger partial charge in [0, 0.05) is 5.41 Å². The topological polar surface area (TPSA) is 9.23 Å². The molecule has 2 rings (SSSR count). The summed E-state index contributed by atoms with van der Waals surface area (Å²) in [5.41, 5.74) is 0.722. The third-order valence-electron chi connectivity index (χ3n) is 2.23. The molecule has 0 atom stereocenters. The standard InChI is InChI=1S/C6H10O.CH4/c1-2-6(3-1)4-7-5-6;/h1-5H2;1H4. The molecule has 0 bridgehead atoms. The van der Waals surface area contributed by atoms with Crippen molar-refractivity contribution in [2.45, 2.75) is 26.7 Å². The minimum atomic E-state index is 0. The smallest absolute Gasteiger partial charge is 0.0544 e. The van der Waals surface area contributed by atoms with Crippen LogP contribution in [-0.4, -0.2) is 13.2 Å². The van der Waals surface area contributed by atoms with Crippen molar-refractivity contribution in [3.63, 3.8) is 0 Å². The van der Waals surface area contributed by atoms with E-state index in [1.807, 2.05) is 0 Å². The molecule has 0 amide bonds. The molecule has 1 saturated heterocycles. The Morgan fingerprint density at radius 2 is 1.75 bits per heavy atom. The summed E-state index contributed by atoms with van der Waals surface area (Å²) in [6.07, 6.45) is 4.32. The van der Waals surface area contributed by atoms with Gasteiger partial charge in [-0.2, -0.15) is 0 Å². The van der Waals surface area contributed by atoms with Gasteiger partial charge in [0.1, 0.15) is 0 Å². The van der Waals surface area contributed by atoms with Crippen molar-refractivity contribution in [1.29, 1.82) is 0 Å². The first-order valence-corrected chi connectivity index (χ1v) is 2.99. The average Bonchev–Trinajstić information content (AvgIpc) is 1.20. The first-order chi connectivity index (χ1) is 3.41. The van der Waals surface area contributed by atoms with Gasteiger partial charge in [-0.05, 0) is 12.8 Å². The second kappa shape index (κ2) is 1.73. The molecule has 1 saturated carbocycles. The van der Waals surface area contributed by atoms with Crippen LogP contribution < -0.4 is 0 Å². The number of rotatable bonds is 0. The van der Waals surface area contributed by atoms with E-state index >= 15 is 0 Å². The minimum absolute atomic E-state index is 0. The zero-order valence-electron chi connectivity index (χ0n) is 4.44. The summed E-state index contributed by atoms with van der Waals surface area (Å²) >= 11 is 0. The van der Waals surface area contributed by atoms with E-state index in [2.05, 4.69) is 0 Å². The highest BCUT2D eigenvalue weighted by Gasteiger charge is 2.43. The van der Waals surface area contributed by atoms with Crippen LogP contribution in [-0.2, 0) is 4.74 Å². The predicted molar refractivity (Wildman–Crippen MR) is 33.8 cm³/mol. The summed E-state index contributed by atoms with van der Waals surface area (Å²) in [6, 6.07) is 0. The summed E-state index contributed by atoms with van der Waals surface area (Å²) in [5, 5.41) is 0. The van der Waals surface area contributed by atoms with Gasteiger partial charge in [0.15, 0.2) is 0 Å². The maximum atomic E-state index is 5.08. The summed E-state index contributed by atoms with van der Waals surface area (Å²) in [5.74, 6) is 0. The number of ether oxygens (including phenoxy) is 1. The second-order valence-electron chi connectivity index (χ2n) is 2.85. The molecule has 0 aromatic heterocycles. The summed E-state index contributed by atoms with van der Waals surface area (Å²) in [7, 11) is 0. The van der Waals surface area contributed by atoms with E-state index in [0.29, 0.717) is 0 Å². The van der Waals surface area contributed by atoms with Crippen LogP contribution >= 0.6 is 0 Å². The SMILES string of the molecule is C.C1CC2(C1)COC2. The van der Waals surface area contributed by atoms with E-state index < -0.39 is 0 Å². The van der Waals surface area contributed by atoms with Crippen LogP contribution in [0, 0.1) is 5.41 Å². The quantitative estimate of drug-likeness (QED) is 0.466. The fraction of sp³-hybridized carbons (Fsp3) is 1.00. The average molecular weight is 114 g/mol. The largest absolute Gasteiger partial charge is 0.380 e. The molecule has 0 aromatic carbocycles. The van der Waals surface area contributed by atoms with Gasteiger partial charge in [-0.1, -0.05) is 13.8 Å². The van der Waals surface area contributed by atoms with Gasteiger partial charge in [0.25, 0.3) is 0 Å². The van der Waals surface area contributed by atoms with Crippen LogP contribution in [0.1, 0.15) is 26.7 Å². The van der Waals surface area contributed by atoms with E-state index in [9.17, 15) is 0 Å². The monoisotopic (exact) mass is 114 g/mol. The van der Waals surface area contributed by atoms with Crippen LogP contribution in [0.25, 0.3) is 0 Å². The van der Waals surface area contributed by atoms with Crippen LogP contribution in [0.4, 0.5) is 0 Å². The molecule has 1 nitrogen and oxygen atoms in total. The second-order valence-corrected chi connectivity index (χ2v) is 2.85. The lowest BCUT2D eigenvalue weighted by Crippen LogP contribution is -2.47. The zero-order valence-corrected chi connectivity index (χ0v) is 4.44. The summed E-state index contributed by atoms with van der Waals surface area (Å²) in [6.45, 7) is 2.12. The van der Waals surface area contributed by atoms with Gasteiger partial charge >= 0.3 is 0 Å². The molecule has 0 N–H and O–H groups in total. The molecule has 2 fully saturated rings. The van der Waals surface area contributed by atoms with E-state index in [1.54, 1.807) is 0 Å². The molecule has 0 unspecified atom stereocenters. The lowest BCUT2D eigenvalue weighted by atomic mass is 9.67. The third-order valence-corrected chi connectivity index (χ3v) is 2.23. The van der Waals surface area contributed by atoms with Gasteiger partial charge < -0.3 is 4.74 Å². The van der Waals surface area contributed by atoms with Gasteiger partial charge in [0.05, 0.1) is 13.2 Å². The maximum Gasteiger partial charge on any atom is 0.0544 e. The van der Waals surface area contributed by atoms with Gasteiger partial charge in [-0.15, -0.1) is 0 Å². The van der Waals surface area contributed by atoms with Crippen LogP contribution in [0.3, 0.4) is 0 Å². The number of hydrogen-bond donors (Lipinski definition) is 0. The summed E-state index contributed by atoms with van der Waals surface area (Å²) in [4.78, 5) is 0. The Balaban J connectivity index is 0.000000320. The normalized spacial score (nSPS) is 30.0. The fourth-order valence-electron chi connectivity index (χ4n) is 1.36. The van der Waals surface area contributed by atoms with Crippen molar-refractivity contribution < 1.29 is 4.74 Å². The summed E-state index contributed by atoms with van der Waals surface area (Å²) < 4.78 is 5.08. The minimum Gasteiger partial charge on any atom is -0.380 e. The predicted octanol–water partition coefficient (Wildman–Crippen LogP) is 1.82. The van der Waals surface area contributed by atoms with Gasteiger partial charge in [0.2, 0.25) is 0 Å². The van der Waals surface area contributed by atoms with Crippen molar-refractivity contribution >= 4 is 0 Å². The van der Waals surface area contributed by atoms with Crippen molar-refractivity contribution in [3.05, 3.63) is 0 Å². The lowest BCUT2D eigenvalue weighted by molar-refractivity contribution is -0.155. The first kappa shape index (κ1) is 6.09. The zero-order chi connectivity index (χ0) is 4.74. The Kier molecular flexibility index (Phi) is 1.31. The molecule has 1 aliphatic carbocycles.